The van der Waals surface area contributed by atoms with E-state index >= 15 is 0 Å². The number of morpholine rings is 1. The lowest BCUT2D eigenvalue weighted by Crippen LogP contribution is -2.40. The fraction of sp³-hybridized carbons (Fsp3) is 0.632. The average Bonchev–Trinajstić information content (AvgIpc) is 2.97. The van der Waals surface area contributed by atoms with Gasteiger partial charge in [-0.15, -0.1) is 0 Å². The maximum absolute atomic E-state index is 12.6. The maximum Gasteiger partial charge on any atom is 0.243 e. The quantitative estimate of drug-likeness (QED) is 0.796. The van der Waals surface area contributed by atoms with Gasteiger partial charge in [0.25, 0.3) is 0 Å². The molecule has 0 spiro atoms. The van der Waals surface area contributed by atoms with Crippen LogP contribution in [0, 0.1) is 5.92 Å². The Balaban J connectivity index is 1.56. The Kier molecular flexibility index (Phi) is 6.67. The summed E-state index contributed by atoms with van der Waals surface area (Å²) in [6.07, 6.45) is 6.66. The van der Waals surface area contributed by atoms with Crippen LogP contribution in [0.1, 0.15) is 44.1 Å². The number of carbonyl (C=O) groups excluding carboxylic acids is 1. The van der Waals surface area contributed by atoms with Gasteiger partial charge in [-0.05, 0) is 30.5 Å². The van der Waals surface area contributed by atoms with Gasteiger partial charge in [-0.2, -0.15) is 4.31 Å². The van der Waals surface area contributed by atoms with Crippen LogP contribution in [0.5, 0.6) is 0 Å². The van der Waals surface area contributed by atoms with Crippen molar-refractivity contribution in [3.05, 3.63) is 29.8 Å². The Hall–Kier alpha value is -1.44. The lowest BCUT2D eigenvalue weighted by Gasteiger charge is -2.26. The summed E-state index contributed by atoms with van der Waals surface area (Å²) in [6.45, 7) is 2.09. The molecule has 144 valence electrons. The maximum atomic E-state index is 12.6. The highest BCUT2D eigenvalue weighted by molar-refractivity contribution is 7.89. The molecule has 1 heterocycles. The zero-order chi connectivity index (χ0) is 18.4. The van der Waals surface area contributed by atoms with Crippen molar-refractivity contribution in [3.63, 3.8) is 0 Å². The van der Waals surface area contributed by atoms with E-state index in [1.54, 1.807) is 24.3 Å². The number of rotatable bonds is 5. The van der Waals surface area contributed by atoms with E-state index in [0.29, 0.717) is 37.7 Å². The van der Waals surface area contributed by atoms with Gasteiger partial charge in [0.15, 0.2) is 0 Å². The van der Waals surface area contributed by atoms with Crippen LogP contribution in [0.3, 0.4) is 0 Å². The Morgan fingerprint density at radius 1 is 1.04 bits per heavy atom. The van der Waals surface area contributed by atoms with Gasteiger partial charge in [-0.1, -0.05) is 37.8 Å². The summed E-state index contributed by atoms with van der Waals surface area (Å²) in [7, 11) is -3.47. The second kappa shape index (κ2) is 8.97. The van der Waals surface area contributed by atoms with Gasteiger partial charge < -0.3 is 10.1 Å². The molecule has 3 rings (SSSR count). The number of amides is 1. The minimum absolute atomic E-state index is 0.122. The van der Waals surface area contributed by atoms with Crippen molar-refractivity contribution in [2.45, 2.75) is 50.0 Å². The number of hydrogen-bond donors (Lipinski definition) is 1. The lowest BCUT2D eigenvalue weighted by molar-refractivity contribution is -0.125. The molecule has 0 bridgehead atoms. The van der Waals surface area contributed by atoms with Crippen molar-refractivity contribution >= 4 is 15.9 Å². The summed E-state index contributed by atoms with van der Waals surface area (Å²) in [5.41, 5.74) is 0.910. The van der Waals surface area contributed by atoms with E-state index in [1.165, 1.54) is 17.1 Å². The van der Waals surface area contributed by atoms with Crippen molar-refractivity contribution < 1.29 is 17.9 Å². The second-order valence-corrected chi connectivity index (χ2v) is 9.00. The summed E-state index contributed by atoms with van der Waals surface area (Å²) in [4.78, 5) is 12.6. The van der Waals surface area contributed by atoms with Crippen LogP contribution in [0.2, 0.25) is 0 Å². The van der Waals surface area contributed by atoms with Crippen molar-refractivity contribution in [2.75, 3.05) is 26.3 Å². The number of carbonyl (C=O) groups is 1. The van der Waals surface area contributed by atoms with Crippen molar-refractivity contribution in [1.29, 1.82) is 0 Å². The number of benzene rings is 1. The van der Waals surface area contributed by atoms with Gasteiger partial charge in [-0.3, -0.25) is 4.79 Å². The Labute approximate surface area is 156 Å². The van der Waals surface area contributed by atoms with Gasteiger partial charge in [0.05, 0.1) is 18.1 Å². The molecule has 0 radical (unpaired) electrons. The summed E-state index contributed by atoms with van der Waals surface area (Å²) in [5.74, 6) is 0.246. The third-order valence-corrected chi connectivity index (χ3v) is 7.14. The summed E-state index contributed by atoms with van der Waals surface area (Å²) >= 11 is 0. The van der Waals surface area contributed by atoms with Gasteiger partial charge in [0.2, 0.25) is 15.9 Å². The second-order valence-electron chi connectivity index (χ2n) is 7.07. The van der Waals surface area contributed by atoms with Gasteiger partial charge in [-0.25, -0.2) is 8.42 Å². The molecule has 1 N–H and O–H groups in total. The fourth-order valence-electron chi connectivity index (χ4n) is 3.59. The minimum Gasteiger partial charge on any atom is -0.379 e. The number of sulfonamides is 1. The van der Waals surface area contributed by atoms with Crippen molar-refractivity contribution in [3.8, 4) is 0 Å². The van der Waals surface area contributed by atoms with Crippen LogP contribution < -0.4 is 5.32 Å². The molecule has 1 saturated carbocycles. The molecule has 1 aromatic carbocycles. The molecule has 26 heavy (non-hydrogen) atoms. The molecule has 2 fully saturated rings. The zero-order valence-corrected chi connectivity index (χ0v) is 16.0. The van der Waals surface area contributed by atoms with Crippen molar-refractivity contribution in [2.24, 2.45) is 5.92 Å². The van der Waals surface area contributed by atoms with Crippen LogP contribution >= 0.6 is 0 Å². The monoisotopic (exact) mass is 380 g/mol. The third kappa shape index (κ3) is 4.84. The average molecular weight is 381 g/mol. The van der Waals surface area contributed by atoms with Crippen LogP contribution in [-0.4, -0.2) is 44.9 Å². The van der Waals surface area contributed by atoms with E-state index in [-0.39, 0.29) is 11.8 Å². The molecule has 1 aliphatic carbocycles. The first-order valence-electron chi connectivity index (χ1n) is 9.52. The largest absolute Gasteiger partial charge is 0.379 e. The van der Waals surface area contributed by atoms with Crippen LogP contribution in [0.4, 0.5) is 0 Å². The third-order valence-electron chi connectivity index (χ3n) is 5.22. The standard InChI is InChI=1S/C19H28N2O4S/c22-19(17-5-3-1-2-4-6-17)20-15-16-7-9-18(10-8-16)26(23,24)21-11-13-25-14-12-21/h7-10,17H,1-6,11-15H2,(H,20,22). The molecular weight excluding hydrogens is 352 g/mol. The minimum atomic E-state index is -3.47. The van der Waals surface area contributed by atoms with Gasteiger partial charge in [0, 0.05) is 25.6 Å². The number of nitrogens with zero attached hydrogens (tertiary/aromatic N) is 1. The van der Waals surface area contributed by atoms with Gasteiger partial charge in [0.1, 0.15) is 0 Å². The van der Waals surface area contributed by atoms with E-state index in [9.17, 15) is 13.2 Å². The highest BCUT2D eigenvalue weighted by Gasteiger charge is 2.26. The molecule has 1 amide bonds. The van der Waals surface area contributed by atoms with Gasteiger partial charge >= 0.3 is 0 Å². The predicted octanol–water partition coefficient (Wildman–Crippen LogP) is 2.29. The molecule has 1 aliphatic heterocycles. The van der Waals surface area contributed by atoms with Crippen LogP contribution in [0.25, 0.3) is 0 Å². The lowest BCUT2D eigenvalue weighted by atomic mass is 9.99. The van der Waals surface area contributed by atoms with E-state index in [2.05, 4.69) is 5.32 Å². The fourth-order valence-corrected chi connectivity index (χ4v) is 5.00. The molecule has 0 atom stereocenters. The highest BCUT2D eigenvalue weighted by Crippen LogP contribution is 2.23. The molecule has 1 saturated heterocycles. The van der Waals surface area contributed by atoms with E-state index in [1.807, 2.05) is 0 Å². The predicted molar refractivity (Wildman–Crippen MR) is 99.1 cm³/mol. The Morgan fingerprint density at radius 3 is 2.27 bits per heavy atom. The molecule has 1 aromatic rings. The first kappa shape index (κ1) is 19.3. The first-order chi connectivity index (χ1) is 12.6. The highest BCUT2D eigenvalue weighted by atomic mass is 32.2. The Bertz CT molecular complexity index is 689. The zero-order valence-electron chi connectivity index (χ0n) is 15.2. The molecular formula is C19H28N2O4S. The summed E-state index contributed by atoms with van der Waals surface area (Å²) < 4.78 is 31.9. The topological polar surface area (TPSA) is 75.7 Å². The molecule has 0 unspecified atom stereocenters. The Morgan fingerprint density at radius 2 is 1.65 bits per heavy atom. The van der Waals surface area contributed by atoms with E-state index in [0.717, 1.165) is 31.2 Å². The first-order valence-corrected chi connectivity index (χ1v) is 11.0. The van der Waals surface area contributed by atoms with E-state index in [4.69, 9.17) is 4.74 Å². The number of ether oxygens (including phenoxy) is 1. The van der Waals surface area contributed by atoms with Crippen LogP contribution in [0.15, 0.2) is 29.2 Å². The summed E-state index contributed by atoms with van der Waals surface area (Å²) in [6, 6.07) is 6.80. The molecule has 0 aromatic heterocycles. The van der Waals surface area contributed by atoms with Crippen LogP contribution in [-0.2, 0) is 26.1 Å². The normalized spacial score (nSPS) is 20.5. The molecule has 2 aliphatic rings. The molecule has 6 nitrogen and oxygen atoms in total. The number of hydrogen-bond acceptors (Lipinski definition) is 4. The number of nitrogens with one attached hydrogen (secondary N) is 1. The van der Waals surface area contributed by atoms with Crippen molar-refractivity contribution in [1.82, 2.24) is 9.62 Å². The summed E-state index contributed by atoms with van der Waals surface area (Å²) in [5, 5.41) is 3.00. The van der Waals surface area contributed by atoms with E-state index < -0.39 is 10.0 Å². The SMILES string of the molecule is O=C(NCc1ccc(S(=O)(=O)N2CCOCC2)cc1)C1CCCCCC1. The smallest absolute Gasteiger partial charge is 0.243 e. The molecule has 7 heteroatoms.